The lowest BCUT2D eigenvalue weighted by Crippen LogP contribution is -2.28. The van der Waals surface area contributed by atoms with Crippen molar-refractivity contribution in [3.63, 3.8) is 0 Å². The van der Waals surface area contributed by atoms with Crippen LogP contribution in [0.2, 0.25) is 5.02 Å². The van der Waals surface area contributed by atoms with E-state index in [1.165, 1.54) is 0 Å². The van der Waals surface area contributed by atoms with Crippen LogP contribution < -0.4 is 0 Å². The van der Waals surface area contributed by atoms with Gasteiger partial charge in [-0.3, -0.25) is 4.68 Å². The van der Waals surface area contributed by atoms with E-state index in [0.29, 0.717) is 11.4 Å². The van der Waals surface area contributed by atoms with Gasteiger partial charge < -0.3 is 9.84 Å². The maximum absolute atomic E-state index is 10.1. The standard InChI is InChI=1S/C12H19ClN2O2/c1-3-8-12(13)9(15(2)14-8)7-10(16)11-5-4-6-17-11/h10-11,16H,3-7H2,1-2H3. The van der Waals surface area contributed by atoms with E-state index in [1.54, 1.807) is 4.68 Å². The number of nitrogens with zero attached hydrogens (tertiary/aromatic N) is 2. The van der Waals surface area contributed by atoms with Crippen LogP contribution in [0.25, 0.3) is 0 Å². The summed E-state index contributed by atoms with van der Waals surface area (Å²) in [5.41, 5.74) is 1.79. The van der Waals surface area contributed by atoms with Gasteiger partial charge in [0.2, 0.25) is 0 Å². The van der Waals surface area contributed by atoms with Crippen molar-refractivity contribution in [3.8, 4) is 0 Å². The molecule has 1 aromatic heterocycles. The molecular weight excluding hydrogens is 240 g/mol. The Morgan fingerprint density at radius 1 is 1.65 bits per heavy atom. The maximum Gasteiger partial charge on any atom is 0.0857 e. The summed E-state index contributed by atoms with van der Waals surface area (Å²) >= 11 is 6.25. The number of aliphatic hydroxyl groups excluding tert-OH is 1. The number of aliphatic hydroxyl groups is 1. The minimum atomic E-state index is -0.491. The molecule has 1 aromatic rings. The van der Waals surface area contributed by atoms with Crippen LogP contribution >= 0.6 is 11.6 Å². The summed E-state index contributed by atoms with van der Waals surface area (Å²) in [5.74, 6) is 0. The Hall–Kier alpha value is -0.580. The first-order chi connectivity index (χ1) is 8.13. The van der Waals surface area contributed by atoms with Crippen molar-refractivity contribution < 1.29 is 9.84 Å². The van der Waals surface area contributed by atoms with Gasteiger partial charge >= 0.3 is 0 Å². The Bertz CT molecular complexity index is 386. The first kappa shape index (κ1) is 12.9. The lowest BCUT2D eigenvalue weighted by atomic mass is 10.1. The zero-order valence-electron chi connectivity index (χ0n) is 10.3. The van der Waals surface area contributed by atoms with Crippen molar-refractivity contribution in [3.05, 3.63) is 16.4 Å². The highest BCUT2D eigenvalue weighted by atomic mass is 35.5. The van der Waals surface area contributed by atoms with E-state index >= 15 is 0 Å². The van der Waals surface area contributed by atoms with Crippen LogP contribution in [0, 0.1) is 0 Å². The Morgan fingerprint density at radius 2 is 2.41 bits per heavy atom. The maximum atomic E-state index is 10.1. The molecule has 4 nitrogen and oxygen atoms in total. The van der Waals surface area contributed by atoms with Crippen molar-refractivity contribution >= 4 is 11.6 Å². The molecule has 1 aliphatic rings. The van der Waals surface area contributed by atoms with Gasteiger partial charge in [0.15, 0.2) is 0 Å². The molecule has 0 saturated carbocycles. The number of halogens is 1. The van der Waals surface area contributed by atoms with Gasteiger partial charge in [0.05, 0.1) is 28.6 Å². The third-order valence-electron chi connectivity index (χ3n) is 3.30. The normalized spacial score (nSPS) is 22.0. The summed E-state index contributed by atoms with van der Waals surface area (Å²) in [6.45, 7) is 2.77. The molecule has 0 bridgehead atoms. The number of aryl methyl sites for hydroxylation is 2. The van der Waals surface area contributed by atoms with E-state index < -0.39 is 6.10 Å². The average molecular weight is 259 g/mol. The van der Waals surface area contributed by atoms with E-state index in [9.17, 15) is 5.11 Å². The first-order valence-electron chi connectivity index (χ1n) is 6.13. The van der Waals surface area contributed by atoms with Crippen molar-refractivity contribution in [1.29, 1.82) is 0 Å². The van der Waals surface area contributed by atoms with Crippen LogP contribution in [0.1, 0.15) is 31.2 Å². The number of ether oxygens (including phenoxy) is 1. The third kappa shape index (κ3) is 2.64. The predicted molar refractivity (Wildman–Crippen MR) is 66.3 cm³/mol. The lowest BCUT2D eigenvalue weighted by molar-refractivity contribution is -0.00158. The molecule has 2 unspecified atom stereocenters. The molecule has 0 aromatic carbocycles. The second-order valence-corrected chi connectivity index (χ2v) is 4.89. The molecule has 17 heavy (non-hydrogen) atoms. The molecular formula is C12H19ClN2O2. The molecule has 2 rings (SSSR count). The van der Waals surface area contributed by atoms with Crippen LogP contribution in [0.15, 0.2) is 0 Å². The van der Waals surface area contributed by atoms with Crippen molar-refractivity contribution in [2.45, 2.75) is 44.8 Å². The minimum absolute atomic E-state index is 0.0500. The van der Waals surface area contributed by atoms with Gasteiger partial charge in [-0.15, -0.1) is 0 Å². The first-order valence-corrected chi connectivity index (χ1v) is 6.51. The number of rotatable bonds is 4. The van der Waals surface area contributed by atoms with Gasteiger partial charge in [-0.1, -0.05) is 18.5 Å². The van der Waals surface area contributed by atoms with Gasteiger partial charge in [-0.05, 0) is 19.3 Å². The summed E-state index contributed by atoms with van der Waals surface area (Å²) in [5, 5.41) is 15.1. The Kier molecular flexibility index (Phi) is 4.07. The van der Waals surface area contributed by atoms with Crippen LogP contribution in [-0.4, -0.2) is 33.7 Å². The smallest absolute Gasteiger partial charge is 0.0857 e. The highest BCUT2D eigenvalue weighted by molar-refractivity contribution is 6.31. The molecule has 1 N–H and O–H groups in total. The molecule has 0 aliphatic carbocycles. The summed E-state index contributed by atoms with van der Waals surface area (Å²) in [4.78, 5) is 0. The molecule has 96 valence electrons. The molecule has 0 amide bonds. The minimum Gasteiger partial charge on any atom is -0.390 e. The average Bonchev–Trinajstić information content (AvgIpc) is 2.92. The number of hydrogen-bond acceptors (Lipinski definition) is 3. The van der Waals surface area contributed by atoms with Gasteiger partial charge in [-0.25, -0.2) is 0 Å². The van der Waals surface area contributed by atoms with E-state index in [2.05, 4.69) is 5.10 Å². The van der Waals surface area contributed by atoms with E-state index in [-0.39, 0.29) is 6.10 Å². The van der Waals surface area contributed by atoms with Gasteiger partial charge in [0, 0.05) is 20.1 Å². The lowest BCUT2D eigenvalue weighted by Gasteiger charge is -2.17. The predicted octanol–water partition coefficient (Wildman–Crippen LogP) is 1.72. The van der Waals surface area contributed by atoms with Crippen molar-refractivity contribution in [1.82, 2.24) is 9.78 Å². The number of aromatic nitrogens is 2. The quantitative estimate of drug-likeness (QED) is 0.895. The molecule has 5 heteroatoms. The summed E-state index contributed by atoms with van der Waals surface area (Å²) in [6, 6.07) is 0. The molecule has 0 spiro atoms. The fourth-order valence-corrected chi connectivity index (χ4v) is 2.65. The second kappa shape index (κ2) is 5.38. The summed E-state index contributed by atoms with van der Waals surface area (Å²) in [7, 11) is 1.86. The monoisotopic (exact) mass is 258 g/mol. The number of hydrogen-bond donors (Lipinski definition) is 1. The molecule has 1 saturated heterocycles. The summed E-state index contributed by atoms with van der Waals surface area (Å²) in [6.07, 6.45) is 2.73. The van der Waals surface area contributed by atoms with Crippen molar-refractivity contribution in [2.75, 3.05) is 6.61 Å². The van der Waals surface area contributed by atoms with Gasteiger partial charge in [-0.2, -0.15) is 5.10 Å². The van der Waals surface area contributed by atoms with Crippen molar-refractivity contribution in [2.24, 2.45) is 7.05 Å². The third-order valence-corrected chi connectivity index (χ3v) is 3.74. The fraction of sp³-hybridized carbons (Fsp3) is 0.750. The Balaban J connectivity index is 2.09. The second-order valence-electron chi connectivity index (χ2n) is 4.51. The molecule has 2 atom stereocenters. The van der Waals surface area contributed by atoms with Gasteiger partial charge in [0.25, 0.3) is 0 Å². The van der Waals surface area contributed by atoms with Gasteiger partial charge in [0.1, 0.15) is 0 Å². The Morgan fingerprint density at radius 3 is 2.94 bits per heavy atom. The molecule has 1 fully saturated rings. The topological polar surface area (TPSA) is 47.3 Å². The zero-order valence-corrected chi connectivity index (χ0v) is 11.1. The van der Waals surface area contributed by atoms with Crippen LogP contribution in [0.5, 0.6) is 0 Å². The highest BCUT2D eigenvalue weighted by Gasteiger charge is 2.26. The largest absolute Gasteiger partial charge is 0.390 e. The highest BCUT2D eigenvalue weighted by Crippen LogP contribution is 2.25. The van der Waals surface area contributed by atoms with E-state index in [0.717, 1.165) is 37.3 Å². The van der Waals surface area contributed by atoms with Crippen LogP contribution in [0.3, 0.4) is 0 Å². The van der Waals surface area contributed by atoms with E-state index in [4.69, 9.17) is 16.3 Å². The molecule has 2 heterocycles. The zero-order chi connectivity index (χ0) is 12.4. The fourth-order valence-electron chi connectivity index (χ4n) is 2.28. The van der Waals surface area contributed by atoms with Crippen LogP contribution in [0.4, 0.5) is 0 Å². The SMILES string of the molecule is CCc1nn(C)c(CC(O)C2CCCO2)c1Cl. The Labute approximate surface area is 107 Å². The molecule has 0 radical (unpaired) electrons. The summed E-state index contributed by atoms with van der Waals surface area (Å²) < 4.78 is 7.24. The molecule has 1 aliphatic heterocycles. The van der Waals surface area contributed by atoms with E-state index in [1.807, 2.05) is 14.0 Å². The van der Waals surface area contributed by atoms with Crippen LogP contribution in [-0.2, 0) is 24.6 Å².